The molecule has 0 spiro atoms. The highest BCUT2D eigenvalue weighted by Crippen LogP contribution is 2.35. The molecule has 0 aliphatic carbocycles. The molecule has 0 saturated carbocycles. The summed E-state index contributed by atoms with van der Waals surface area (Å²) < 4.78 is 6.33. The molecule has 0 radical (unpaired) electrons. The summed E-state index contributed by atoms with van der Waals surface area (Å²) in [4.78, 5) is 7.23. The van der Waals surface area contributed by atoms with E-state index >= 15 is 0 Å². The Balaban J connectivity index is 1.87. The van der Waals surface area contributed by atoms with Gasteiger partial charge in [0.25, 0.3) is 5.89 Å². The third-order valence-electron chi connectivity index (χ3n) is 3.74. The van der Waals surface area contributed by atoms with E-state index in [-0.39, 0.29) is 5.89 Å². The molecular formula is C16H13IN6O2. The zero-order chi connectivity index (χ0) is 17.6. The van der Waals surface area contributed by atoms with Gasteiger partial charge in [0.2, 0.25) is 0 Å². The number of nitrogen functional groups attached to an aromatic ring is 1. The van der Waals surface area contributed by atoms with Crippen LogP contribution in [-0.4, -0.2) is 25.3 Å². The molecule has 0 atom stereocenters. The van der Waals surface area contributed by atoms with Gasteiger partial charge in [-0.1, -0.05) is 5.10 Å². The Labute approximate surface area is 155 Å². The fourth-order valence-electron chi connectivity index (χ4n) is 2.59. The lowest BCUT2D eigenvalue weighted by Gasteiger charge is -2.13. The maximum absolute atomic E-state index is 9.38. The van der Waals surface area contributed by atoms with Gasteiger partial charge >= 0.3 is 6.08 Å². The van der Waals surface area contributed by atoms with E-state index in [0.29, 0.717) is 17.0 Å². The Kier molecular flexibility index (Phi) is 3.71. The van der Waals surface area contributed by atoms with E-state index in [4.69, 9.17) is 10.2 Å². The largest absolute Gasteiger partial charge is 0.465 e. The van der Waals surface area contributed by atoms with Gasteiger partial charge in [-0.3, -0.25) is 0 Å². The number of aromatic hydroxyl groups is 1. The van der Waals surface area contributed by atoms with Gasteiger partial charge in [-0.2, -0.15) is 0 Å². The van der Waals surface area contributed by atoms with E-state index < -0.39 is 6.08 Å². The van der Waals surface area contributed by atoms with Crippen molar-refractivity contribution in [3.8, 4) is 17.5 Å². The number of hydrogen-bond acceptors (Lipinski definition) is 7. The minimum absolute atomic E-state index is 0.187. The highest BCUT2D eigenvalue weighted by Gasteiger charge is 2.16. The Hall–Kier alpha value is -2.82. The number of rotatable bonds is 3. The molecule has 9 heteroatoms. The van der Waals surface area contributed by atoms with Crippen LogP contribution in [0.1, 0.15) is 5.56 Å². The van der Waals surface area contributed by atoms with Crippen LogP contribution in [0.5, 0.6) is 6.08 Å². The minimum atomic E-state index is -0.493. The molecule has 126 valence electrons. The lowest BCUT2D eigenvalue weighted by Crippen LogP contribution is -1.96. The van der Waals surface area contributed by atoms with Crippen LogP contribution in [0, 0.1) is 10.5 Å². The molecule has 0 aliphatic heterocycles. The summed E-state index contributed by atoms with van der Waals surface area (Å²) in [7, 11) is 0. The highest BCUT2D eigenvalue weighted by atomic mass is 127. The smallest absolute Gasteiger partial charge is 0.412 e. The standard InChI is InChI=1S/C16H13IN6O2/c1-7-4-8(17)2-3-10(7)19-11-6-13-12(20-15(18)21-13)5-9(11)14-22-23-16(24)25-14/h2-6,19H,1H3,(H,23,24)(H3,18,20,21). The maximum Gasteiger partial charge on any atom is 0.412 e. The molecule has 2 heterocycles. The Bertz CT molecular complexity index is 1090. The van der Waals surface area contributed by atoms with Gasteiger partial charge in [0.15, 0.2) is 5.95 Å². The van der Waals surface area contributed by atoms with Crippen LogP contribution in [0.15, 0.2) is 34.7 Å². The van der Waals surface area contributed by atoms with Crippen molar-refractivity contribution in [3.63, 3.8) is 0 Å². The topological polar surface area (TPSA) is 126 Å². The molecule has 0 amide bonds. The minimum Gasteiger partial charge on any atom is -0.465 e. The zero-order valence-corrected chi connectivity index (χ0v) is 15.2. The summed E-state index contributed by atoms with van der Waals surface area (Å²) in [5.41, 5.74) is 10.6. The van der Waals surface area contributed by atoms with E-state index in [1.807, 2.05) is 25.1 Å². The number of aryl methyl sites for hydroxylation is 1. The molecule has 0 saturated heterocycles. The van der Waals surface area contributed by atoms with Gasteiger partial charge in [0.05, 0.1) is 22.3 Å². The van der Waals surface area contributed by atoms with Crippen LogP contribution in [0.3, 0.4) is 0 Å². The molecule has 0 aliphatic rings. The number of nitrogens with one attached hydrogen (secondary N) is 2. The number of aromatic nitrogens is 4. The van der Waals surface area contributed by atoms with Crippen molar-refractivity contribution in [3.05, 3.63) is 39.5 Å². The van der Waals surface area contributed by atoms with Gasteiger partial charge in [0.1, 0.15) is 0 Å². The zero-order valence-electron chi connectivity index (χ0n) is 13.0. The van der Waals surface area contributed by atoms with Crippen molar-refractivity contribution in [2.75, 3.05) is 11.1 Å². The van der Waals surface area contributed by atoms with E-state index in [2.05, 4.69) is 54.1 Å². The number of aromatic amines is 1. The van der Waals surface area contributed by atoms with Crippen LogP contribution in [0.25, 0.3) is 22.5 Å². The number of imidazole rings is 1. The van der Waals surface area contributed by atoms with Crippen LogP contribution >= 0.6 is 22.6 Å². The molecule has 8 nitrogen and oxygen atoms in total. The highest BCUT2D eigenvalue weighted by molar-refractivity contribution is 14.1. The first-order valence-electron chi connectivity index (χ1n) is 7.35. The summed E-state index contributed by atoms with van der Waals surface area (Å²) >= 11 is 2.27. The molecular weight excluding hydrogens is 435 g/mol. The van der Waals surface area contributed by atoms with Gasteiger partial charge < -0.3 is 25.6 Å². The fraction of sp³-hybridized carbons (Fsp3) is 0.0625. The Morgan fingerprint density at radius 1 is 1.20 bits per heavy atom. The predicted molar refractivity (Wildman–Crippen MR) is 103 cm³/mol. The average molecular weight is 448 g/mol. The van der Waals surface area contributed by atoms with Crippen LogP contribution in [-0.2, 0) is 0 Å². The molecule has 0 unspecified atom stereocenters. The number of nitrogens with zero attached hydrogens (tertiary/aromatic N) is 3. The van der Waals surface area contributed by atoms with Gasteiger partial charge in [-0.05, 0) is 65.4 Å². The number of fused-ring (bicyclic) bond motifs is 1. The number of hydrogen-bond donors (Lipinski definition) is 4. The van der Waals surface area contributed by atoms with Crippen molar-refractivity contribution in [1.29, 1.82) is 0 Å². The van der Waals surface area contributed by atoms with E-state index in [9.17, 15) is 5.11 Å². The first-order valence-corrected chi connectivity index (χ1v) is 8.43. The van der Waals surface area contributed by atoms with E-state index in [1.165, 1.54) is 0 Å². The van der Waals surface area contributed by atoms with Crippen molar-refractivity contribution in [2.45, 2.75) is 6.92 Å². The van der Waals surface area contributed by atoms with Crippen molar-refractivity contribution < 1.29 is 9.52 Å². The van der Waals surface area contributed by atoms with Crippen molar-refractivity contribution in [2.24, 2.45) is 0 Å². The second kappa shape index (κ2) is 5.92. The summed E-state index contributed by atoms with van der Waals surface area (Å²) in [5.74, 6) is 0.503. The number of anilines is 3. The third-order valence-corrected chi connectivity index (χ3v) is 4.41. The molecule has 4 rings (SSSR count). The summed E-state index contributed by atoms with van der Waals surface area (Å²) in [6.07, 6.45) is -0.493. The maximum atomic E-state index is 9.38. The number of nitrogens with two attached hydrogens (primary N) is 1. The average Bonchev–Trinajstić information content (AvgIpc) is 3.13. The fourth-order valence-corrected chi connectivity index (χ4v) is 3.24. The van der Waals surface area contributed by atoms with Gasteiger partial charge in [0, 0.05) is 9.26 Å². The quantitative estimate of drug-likeness (QED) is 0.353. The molecule has 2 aromatic carbocycles. The first kappa shape index (κ1) is 15.7. The molecule has 0 fully saturated rings. The van der Waals surface area contributed by atoms with Crippen LogP contribution in [0.2, 0.25) is 0 Å². The number of H-pyrrole nitrogens is 1. The predicted octanol–water partition coefficient (Wildman–Crippen LogP) is 3.56. The van der Waals surface area contributed by atoms with Crippen molar-refractivity contribution >= 4 is 50.9 Å². The SMILES string of the molecule is Cc1cc(I)ccc1Nc1cc2[nH]c(N)nc2cc1-c1nnc(O)o1. The van der Waals surface area contributed by atoms with Gasteiger partial charge in [-0.25, -0.2) is 4.98 Å². The molecule has 2 aromatic heterocycles. The molecule has 0 bridgehead atoms. The summed E-state index contributed by atoms with van der Waals surface area (Å²) in [6, 6.07) is 9.73. The van der Waals surface area contributed by atoms with E-state index in [0.717, 1.165) is 26.0 Å². The molecule has 4 aromatic rings. The number of halogens is 1. The lowest BCUT2D eigenvalue weighted by molar-refractivity contribution is 0.320. The second-order valence-corrected chi connectivity index (χ2v) is 6.76. The van der Waals surface area contributed by atoms with E-state index in [1.54, 1.807) is 6.07 Å². The molecule has 5 N–H and O–H groups in total. The first-order chi connectivity index (χ1) is 12.0. The van der Waals surface area contributed by atoms with Gasteiger partial charge in [-0.15, -0.1) is 5.10 Å². The second-order valence-electron chi connectivity index (χ2n) is 5.51. The monoisotopic (exact) mass is 448 g/mol. The third kappa shape index (κ3) is 2.97. The summed E-state index contributed by atoms with van der Waals surface area (Å²) in [6.45, 7) is 2.02. The van der Waals surface area contributed by atoms with Crippen molar-refractivity contribution in [1.82, 2.24) is 20.2 Å². The Morgan fingerprint density at radius 3 is 2.76 bits per heavy atom. The summed E-state index contributed by atoms with van der Waals surface area (Å²) in [5, 5.41) is 20.1. The van der Waals surface area contributed by atoms with Crippen LogP contribution < -0.4 is 11.1 Å². The van der Waals surface area contributed by atoms with Crippen LogP contribution in [0.4, 0.5) is 17.3 Å². The normalized spacial score (nSPS) is 11.1. The Morgan fingerprint density at radius 2 is 2.04 bits per heavy atom. The lowest BCUT2D eigenvalue weighted by atomic mass is 10.1. The number of benzene rings is 2. The molecule has 25 heavy (non-hydrogen) atoms.